The van der Waals surface area contributed by atoms with E-state index in [0.717, 1.165) is 11.3 Å². The molecule has 0 atom stereocenters. The van der Waals surface area contributed by atoms with Crippen molar-refractivity contribution in [2.75, 3.05) is 7.05 Å². The van der Waals surface area contributed by atoms with E-state index in [0.29, 0.717) is 6.42 Å². The summed E-state index contributed by atoms with van der Waals surface area (Å²) in [6.45, 7) is 4.11. The van der Waals surface area contributed by atoms with Crippen LogP contribution in [0.5, 0.6) is 0 Å². The predicted octanol–water partition coefficient (Wildman–Crippen LogP) is 1.87. The lowest BCUT2D eigenvalue weighted by Gasteiger charge is -2.04. The lowest BCUT2D eigenvalue weighted by molar-refractivity contribution is -0.127. The molecule has 78 valence electrons. The second kappa shape index (κ2) is 3.50. The van der Waals surface area contributed by atoms with Crippen LogP contribution in [-0.4, -0.2) is 23.7 Å². The van der Waals surface area contributed by atoms with Crippen molar-refractivity contribution in [2.45, 2.75) is 20.3 Å². The zero-order valence-electron chi connectivity index (χ0n) is 9.24. The van der Waals surface area contributed by atoms with E-state index in [1.54, 1.807) is 7.05 Å². The van der Waals surface area contributed by atoms with Gasteiger partial charge >= 0.3 is 0 Å². The monoisotopic (exact) mass is 202 g/mol. The number of carbonyl (C=O) groups is 1. The van der Waals surface area contributed by atoms with Gasteiger partial charge in [0, 0.05) is 12.6 Å². The lowest BCUT2D eigenvalue weighted by atomic mass is 10.0. The summed E-state index contributed by atoms with van der Waals surface area (Å²) in [7, 11) is 1.69. The van der Waals surface area contributed by atoms with Gasteiger partial charge in [-0.2, -0.15) is 5.10 Å². The van der Waals surface area contributed by atoms with E-state index in [4.69, 9.17) is 0 Å². The van der Waals surface area contributed by atoms with Gasteiger partial charge in [-0.25, -0.2) is 5.01 Å². The fraction of sp³-hybridized carbons (Fsp3) is 0.333. The Kier molecular flexibility index (Phi) is 2.31. The summed E-state index contributed by atoms with van der Waals surface area (Å²) in [5, 5.41) is 5.64. The fourth-order valence-electron chi connectivity index (χ4n) is 1.82. The van der Waals surface area contributed by atoms with Gasteiger partial charge in [-0.3, -0.25) is 4.79 Å². The van der Waals surface area contributed by atoms with Gasteiger partial charge in [0.1, 0.15) is 0 Å². The smallest absolute Gasteiger partial charge is 0.248 e. The zero-order valence-corrected chi connectivity index (χ0v) is 9.24. The molecule has 0 spiro atoms. The minimum absolute atomic E-state index is 0.0602. The summed E-state index contributed by atoms with van der Waals surface area (Å²) >= 11 is 0. The largest absolute Gasteiger partial charge is 0.273 e. The van der Waals surface area contributed by atoms with Crippen molar-refractivity contribution in [3.05, 3.63) is 34.9 Å². The molecule has 1 aliphatic heterocycles. The Balaban J connectivity index is 2.39. The molecular weight excluding hydrogens is 188 g/mol. The number of aryl methyl sites for hydroxylation is 2. The van der Waals surface area contributed by atoms with Crippen molar-refractivity contribution < 1.29 is 4.79 Å². The topological polar surface area (TPSA) is 32.7 Å². The van der Waals surface area contributed by atoms with Gasteiger partial charge in [-0.15, -0.1) is 0 Å². The Morgan fingerprint density at radius 2 is 2.07 bits per heavy atom. The molecule has 1 heterocycles. The van der Waals surface area contributed by atoms with Crippen LogP contribution in [0.2, 0.25) is 0 Å². The van der Waals surface area contributed by atoms with Gasteiger partial charge in [0.25, 0.3) is 0 Å². The van der Waals surface area contributed by atoms with Crippen LogP contribution in [0.4, 0.5) is 0 Å². The van der Waals surface area contributed by atoms with Gasteiger partial charge in [0.2, 0.25) is 5.91 Å². The number of benzene rings is 1. The number of carbonyl (C=O) groups excluding carboxylic acids is 1. The molecule has 0 saturated carbocycles. The SMILES string of the molecule is Cc1ccc(C2=NN(C)C(=O)C2)c(C)c1. The summed E-state index contributed by atoms with van der Waals surface area (Å²) in [5.41, 5.74) is 4.37. The number of hydrogen-bond acceptors (Lipinski definition) is 2. The number of hydrogen-bond donors (Lipinski definition) is 0. The third kappa shape index (κ3) is 1.77. The van der Waals surface area contributed by atoms with Crippen LogP contribution in [0.1, 0.15) is 23.1 Å². The first-order valence-electron chi connectivity index (χ1n) is 4.99. The summed E-state index contributed by atoms with van der Waals surface area (Å²) in [4.78, 5) is 11.3. The van der Waals surface area contributed by atoms with Crippen molar-refractivity contribution in [2.24, 2.45) is 5.10 Å². The zero-order chi connectivity index (χ0) is 11.0. The minimum Gasteiger partial charge on any atom is -0.273 e. The van der Waals surface area contributed by atoms with Gasteiger partial charge < -0.3 is 0 Å². The number of rotatable bonds is 1. The standard InChI is InChI=1S/C12H14N2O/c1-8-4-5-10(9(2)6-8)11-7-12(15)14(3)13-11/h4-6H,7H2,1-3H3. The summed E-state index contributed by atoms with van der Waals surface area (Å²) in [5.74, 6) is 0.0602. The average molecular weight is 202 g/mol. The first-order chi connectivity index (χ1) is 7.08. The van der Waals surface area contributed by atoms with E-state index in [1.165, 1.54) is 16.1 Å². The van der Waals surface area contributed by atoms with Crippen molar-refractivity contribution >= 4 is 11.6 Å². The molecule has 1 aliphatic rings. The van der Waals surface area contributed by atoms with Crippen LogP contribution in [0, 0.1) is 13.8 Å². The number of nitrogens with zero attached hydrogens (tertiary/aromatic N) is 2. The van der Waals surface area contributed by atoms with Gasteiger partial charge in [-0.1, -0.05) is 23.8 Å². The maximum Gasteiger partial charge on any atom is 0.248 e. The van der Waals surface area contributed by atoms with Crippen molar-refractivity contribution in [3.8, 4) is 0 Å². The van der Waals surface area contributed by atoms with Crippen LogP contribution >= 0.6 is 0 Å². The van der Waals surface area contributed by atoms with E-state index in [-0.39, 0.29) is 5.91 Å². The van der Waals surface area contributed by atoms with Crippen molar-refractivity contribution in [1.82, 2.24) is 5.01 Å². The van der Waals surface area contributed by atoms with Crippen LogP contribution in [0.25, 0.3) is 0 Å². The highest BCUT2D eigenvalue weighted by Crippen LogP contribution is 2.18. The third-order valence-electron chi connectivity index (χ3n) is 2.64. The molecule has 0 aromatic heterocycles. The minimum atomic E-state index is 0.0602. The quantitative estimate of drug-likeness (QED) is 0.684. The molecule has 0 unspecified atom stereocenters. The van der Waals surface area contributed by atoms with E-state index in [2.05, 4.69) is 18.1 Å². The molecule has 3 heteroatoms. The molecule has 0 fully saturated rings. The molecule has 1 amide bonds. The second-order valence-corrected chi connectivity index (χ2v) is 3.96. The molecular formula is C12H14N2O. The first-order valence-corrected chi connectivity index (χ1v) is 4.99. The maximum atomic E-state index is 11.3. The van der Waals surface area contributed by atoms with Gasteiger partial charge in [-0.05, 0) is 19.4 Å². The predicted molar refractivity (Wildman–Crippen MR) is 59.8 cm³/mol. The average Bonchev–Trinajstić information content (AvgIpc) is 2.46. The highest BCUT2D eigenvalue weighted by atomic mass is 16.2. The van der Waals surface area contributed by atoms with E-state index in [1.807, 2.05) is 19.1 Å². The second-order valence-electron chi connectivity index (χ2n) is 3.96. The molecule has 15 heavy (non-hydrogen) atoms. The molecule has 1 aromatic rings. The third-order valence-corrected chi connectivity index (χ3v) is 2.64. The Labute approximate surface area is 89.4 Å². The van der Waals surface area contributed by atoms with E-state index >= 15 is 0 Å². The summed E-state index contributed by atoms with van der Waals surface area (Å²) < 4.78 is 0. The Morgan fingerprint density at radius 3 is 2.60 bits per heavy atom. The fourth-order valence-corrected chi connectivity index (χ4v) is 1.82. The molecule has 1 aromatic carbocycles. The van der Waals surface area contributed by atoms with Crippen LogP contribution in [0.15, 0.2) is 23.3 Å². The highest BCUT2D eigenvalue weighted by molar-refractivity contribution is 6.14. The Morgan fingerprint density at radius 1 is 1.33 bits per heavy atom. The highest BCUT2D eigenvalue weighted by Gasteiger charge is 2.22. The molecule has 0 radical (unpaired) electrons. The van der Waals surface area contributed by atoms with E-state index in [9.17, 15) is 4.79 Å². The lowest BCUT2D eigenvalue weighted by Crippen LogP contribution is -2.14. The van der Waals surface area contributed by atoms with Crippen molar-refractivity contribution in [1.29, 1.82) is 0 Å². The van der Waals surface area contributed by atoms with Crippen LogP contribution < -0.4 is 0 Å². The summed E-state index contributed by atoms with van der Waals surface area (Å²) in [6.07, 6.45) is 0.417. The van der Waals surface area contributed by atoms with Crippen molar-refractivity contribution in [3.63, 3.8) is 0 Å². The molecule has 2 rings (SSSR count). The molecule has 0 aliphatic carbocycles. The molecule has 0 N–H and O–H groups in total. The Bertz CT molecular complexity index is 449. The normalized spacial score (nSPS) is 15.8. The molecule has 0 saturated heterocycles. The number of hydrazone groups is 1. The van der Waals surface area contributed by atoms with Crippen LogP contribution in [0.3, 0.4) is 0 Å². The first kappa shape index (κ1) is 9.90. The van der Waals surface area contributed by atoms with Gasteiger partial charge in [0.05, 0.1) is 12.1 Å². The van der Waals surface area contributed by atoms with Crippen LogP contribution in [-0.2, 0) is 4.79 Å². The molecule has 0 bridgehead atoms. The Hall–Kier alpha value is -1.64. The van der Waals surface area contributed by atoms with Gasteiger partial charge in [0.15, 0.2) is 0 Å². The number of amides is 1. The van der Waals surface area contributed by atoms with E-state index < -0.39 is 0 Å². The maximum absolute atomic E-state index is 11.3. The summed E-state index contributed by atoms with van der Waals surface area (Å²) in [6, 6.07) is 6.20. The molecule has 3 nitrogen and oxygen atoms in total.